The molecule has 0 aliphatic carbocycles. The topological polar surface area (TPSA) is 120 Å². The molecule has 0 radical (unpaired) electrons. The van der Waals surface area contributed by atoms with E-state index in [9.17, 15) is 18.0 Å². The van der Waals surface area contributed by atoms with Gasteiger partial charge in [0, 0.05) is 28.0 Å². The van der Waals surface area contributed by atoms with Gasteiger partial charge in [0.05, 0.1) is 4.90 Å². The Kier molecular flexibility index (Phi) is 12.5. The number of aromatic amines is 1. The van der Waals surface area contributed by atoms with Crippen LogP contribution in [0, 0.1) is 0 Å². The molecule has 0 saturated heterocycles. The van der Waals surface area contributed by atoms with Crippen LogP contribution in [-0.4, -0.2) is 31.3 Å². The Hall–Kier alpha value is -2.69. The number of sulfonamides is 1. The van der Waals surface area contributed by atoms with Crippen LogP contribution in [-0.2, 0) is 26.0 Å². The Morgan fingerprint density at radius 3 is 2.21 bits per heavy atom. The lowest BCUT2D eigenvalue weighted by Crippen LogP contribution is -2.53. The summed E-state index contributed by atoms with van der Waals surface area (Å²) in [5, 5.41) is 0.896. The Bertz CT molecular complexity index is 1310. The number of para-hydroxylation sites is 1. The first kappa shape index (κ1) is 30.8. The van der Waals surface area contributed by atoms with Crippen LogP contribution >= 0.6 is 15.9 Å². The number of aromatic nitrogens is 1. The summed E-state index contributed by atoms with van der Waals surface area (Å²) >= 11 is 3.30. The number of hydrogen-bond acceptors (Lipinski definition) is 4. The van der Waals surface area contributed by atoms with E-state index in [4.69, 9.17) is 0 Å². The molecule has 3 aromatic rings. The molecule has 3 rings (SSSR count). The number of nitrogens with one attached hydrogen (secondary N) is 4. The Morgan fingerprint density at radius 2 is 1.51 bits per heavy atom. The molecule has 0 saturated carbocycles. The molecule has 39 heavy (non-hydrogen) atoms. The second kappa shape index (κ2) is 15.8. The molecule has 2 amide bonds. The molecule has 4 N–H and O–H groups in total. The van der Waals surface area contributed by atoms with Crippen LogP contribution in [0.25, 0.3) is 10.9 Å². The summed E-state index contributed by atoms with van der Waals surface area (Å²) < 4.78 is 29.4. The monoisotopic (exact) mass is 618 g/mol. The first-order chi connectivity index (χ1) is 18.8. The van der Waals surface area contributed by atoms with E-state index in [1.54, 1.807) is 18.3 Å². The summed E-state index contributed by atoms with van der Waals surface area (Å²) in [5.74, 6) is -0.936. The molecule has 1 aromatic heterocycles. The highest BCUT2D eigenvalue weighted by Crippen LogP contribution is 2.21. The highest BCUT2D eigenvalue weighted by Gasteiger charge is 2.27. The quantitative estimate of drug-likeness (QED) is 0.118. The van der Waals surface area contributed by atoms with Crippen molar-refractivity contribution in [3.63, 3.8) is 0 Å². The molecule has 0 unspecified atom stereocenters. The van der Waals surface area contributed by atoms with Crippen LogP contribution in [0.2, 0.25) is 0 Å². The normalized spacial score (nSPS) is 12.4. The minimum atomic E-state index is -4.00. The van der Waals surface area contributed by atoms with Crippen LogP contribution in [0.1, 0.15) is 76.7 Å². The number of amides is 2. The van der Waals surface area contributed by atoms with Gasteiger partial charge < -0.3 is 4.98 Å². The maximum atomic E-state index is 13.1. The molecule has 1 atom stereocenters. The van der Waals surface area contributed by atoms with Crippen molar-refractivity contribution in [2.24, 2.45) is 0 Å². The van der Waals surface area contributed by atoms with Crippen LogP contribution in [0.4, 0.5) is 0 Å². The van der Waals surface area contributed by atoms with E-state index in [2.05, 4.69) is 43.4 Å². The zero-order chi connectivity index (χ0) is 28.1. The molecule has 1 heterocycles. The van der Waals surface area contributed by atoms with Gasteiger partial charge in [-0.05, 0) is 48.7 Å². The van der Waals surface area contributed by atoms with Gasteiger partial charge in [0.15, 0.2) is 0 Å². The standard InChI is InChI=1S/C29H39BrN4O4S/c1-2-3-4-5-6-7-8-9-10-15-28(35)32-33-29(36)27(20-22-21-31-26-14-12-11-13-25(22)26)34-39(37,38)24-18-16-23(30)17-19-24/h11-14,16-19,21,27,31,34H,2-10,15,20H2,1H3,(H,32,35)(H,33,36)/t27-/m0/s1. The molecule has 0 fully saturated rings. The minimum Gasteiger partial charge on any atom is -0.361 e. The van der Waals surface area contributed by atoms with Crippen LogP contribution in [0.15, 0.2) is 64.1 Å². The largest absolute Gasteiger partial charge is 0.361 e. The van der Waals surface area contributed by atoms with E-state index >= 15 is 0 Å². The van der Waals surface area contributed by atoms with Gasteiger partial charge in [0.2, 0.25) is 15.9 Å². The third kappa shape index (κ3) is 10.1. The zero-order valence-corrected chi connectivity index (χ0v) is 24.9. The highest BCUT2D eigenvalue weighted by atomic mass is 79.9. The zero-order valence-electron chi connectivity index (χ0n) is 22.5. The van der Waals surface area contributed by atoms with Crippen molar-refractivity contribution in [1.82, 2.24) is 20.6 Å². The van der Waals surface area contributed by atoms with Crippen molar-refractivity contribution in [2.75, 3.05) is 0 Å². The number of carbonyl (C=O) groups excluding carboxylic acids is 2. The van der Waals surface area contributed by atoms with Crippen LogP contribution in [0.3, 0.4) is 0 Å². The smallest absolute Gasteiger partial charge is 0.256 e. The first-order valence-electron chi connectivity index (χ1n) is 13.7. The van der Waals surface area contributed by atoms with Gasteiger partial charge in [-0.1, -0.05) is 92.4 Å². The van der Waals surface area contributed by atoms with Crippen LogP contribution < -0.4 is 15.6 Å². The van der Waals surface area contributed by atoms with Crippen molar-refractivity contribution in [3.05, 3.63) is 64.8 Å². The van der Waals surface area contributed by atoms with Crippen molar-refractivity contribution in [2.45, 2.75) is 88.5 Å². The third-order valence-corrected chi connectivity index (χ3v) is 8.69. The van der Waals surface area contributed by atoms with Gasteiger partial charge >= 0.3 is 0 Å². The van der Waals surface area contributed by atoms with Gasteiger partial charge in [-0.25, -0.2) is 8.42 Å². The number of H-pyrrole nitrogens is 1. The molecule has 2 aromatic carbocycles. The fraction of sp³-hybridized carbons (Fsp3) is 0.448. The van der Waals surface area contributed by atoms with Crippen LogP contribution in [0.5, 0.6) is 0 Å². The molecule has 0 spiro atoms. The summed E-state index contributed by atoms with van der Waals surface area (Å²) in [4.78, 5) is 28.6. The number of unbranched alkanes of at least 4 members (excludes halogenated alkanes) is 8. The Morgan fingerprint density at radius 1 is 0.872 bits per heavy atom. The predicted octanol–water partition coefficient (Wildman–Crippen LogP) is 5.89. The summed E-state index contributed by atoms with van der Waals surface area (Å²) in [6, 6.07) is 12.6. The van der Waals surface area contributed by atoms with Crippen molar-refractivity contribution in [1.29, 1.82) is 0 Å². The molecule has 0 aliphatic heterocycles. The average Bonchev–Trinajstić information content (AvgIpc) is 3.33. The van der Waals surface area contributed by atoms with Gasteiger partial charge in [0.1, 0.15) is 6.04 Å². The average molecular weight is 620 g/mol. The molecule has 0 bridgehead atoms. The number of hydrogen-bond donors (Lipinski definition) is 4. The Labute approximate surface area is 239 Å². The van der Waals surface area contributed by atoms with Crippen molar-refractivity contribution in [3.8, 4) is 0 Å². The number of benzene rings is 2. The van der Waals surface area contributed by atoms with Gasteiger partial charge in [-0.2, -0.15) is 4.72 Å². The number of hydrazine groups is 1. The summed E-state index contributed by atoms with van der Waals surface area (Å²) in [6.45, 7) is 2.21. The maximum absolute atomic E-state index is 13.1. The molecular weight excluding hydrogens is 580 g/mol. The summed E-state index contributed by atoms with van der Waals surface area (Å²) in [5.41, 5.74) is 6.54. The second-order valence-corrected chi connectivity index (χ2v) is 12.4. The van der Waals surface area contributed by atoms with E-state index in [1.165, 1.54) is 50.7 Å². The summed E-state index contributed by atoms with van der Waals surface area (Å²) in [7, 11) is -4.00. The van der Waals surface area contributed by atoms with Crippen molar-refractivity contribution >= 4 is 48.7 Å². The summed E-state index contributed by atoms with van der Waals surface area (Å²) in [6.07, 6.45) is 12.5. The van der Waals surface area contributed by atoms with Gasteiger partial charge in [-0.3, -0.25) is 20.4 Å². The van der Waals surface area contributed by atoms with Crippen molar-refractivity contribution < 1.29 is 18.0 Å². The molecular formula is C29H39BrN4O4S. The number of rotatable bonds is 16. The fourth-order valence-corrected chi connectivity index (χ4v) is 5.91. The molecule has 8 nitrogen and oxygen atoms in total. The number of fused-ring (bicyclic) bond motifs is 1. The lowest BCUT2D eigenvalue weighted by molar-refractivity contribution is -0.129. The van der Waals surface area contributed by atoms with E-state index in [1.807, 2.05) is 24.3 Å². The SMILES string of the molecule is CCCCCCCCCCCC(=O)NNC(=O)[C@H](Cc1c[nH]c2ccccc12)NS(=O)(=O)c1ccc(Br)cc1. The number of carbonyl (C=O) groups is 2. The third-order valence-electron chi connectivity index (χ3n) is 6.67. The first-order valence-corrected chi connectivity index (χ1v) is 16.0. The lowest BCUT2D eigenvalue weighted by Gasteiger charge is -2.19. The Balaban J connectivity index is 1.56. The molecule has 10 heteroatoms. The fourth-order valence-electron chi connectivity index (χ4n) is 4.45. The second-order valence-electron chi connectivity index (χ2n) is 9.81. The maximum Gasteiger partial charge on any atom is 0.256 e. The lowest BCUT2D eigenvalue weighted by atomic mass is 10.1. The van der Waals surface area contributed by atoms with Gasteiger partial charge in [-0.15, -0.1) is 0 Å². The van der Waals surface area contributed by atoms with E-state index in [0.29, 0.717) is 6.42 Å². The number of halogens is 1. The predicted molar refractivity (Wildman–Crippen MR) is 158 cm³/mol. The van der Waals surface area contributed by atoms with E-state index in [0.717, 1.165) is 40.2 Å². The molecule has 0 aliphatic rings. The minimum absolute atomic E-state index is 0.0387. The molecule has 212 valence electrons. The van der Waals surface area contributed by atoms with Gasteiger partial charge in [0.25, 0.3) is 5.91 Å². The highest BCUT2D eigenvalue weighted by molar-refractivity contribution is 9.10. The van der Waals surface area contributed by atoms with E-state index in [-0.39, 0.29) is 17.2 Å². The van der Waals surface area contributed by atoms with E-state index < -0.39 is 22.0 Å².